The quantitative estimate of drug-likeness (QED) is 0.781. The molecule has 1 spiro atoms. The maximum atomic E-state index is 13.6. The zero-order chi connectivity index (χ0) is 19.5. The molecule has 3 aliphatic heterocycles. The Hall–Kier alpha value is -1.95. The summed E-state index contributed by atoms with van der Waals surface area (Å²) < 4.78 is 18.9. The van der Waals surface area contributed by atoms with Crippen molar-refractivity contribution in [3.8, 4) is 0 Å². The molecule has 1 aliphatic carbocycles. The molecule has 0 N–H and O–H groups in total. The van der Waals surface area contributed by atoms with Crippen LogP contribution in [0.1, 0.15) is 61.4 Å². The van der Waals surface area contributed by atoms with Gasteiger partial charge in [-0.1, -0.05) is 6.07 Å². The molecule has 5 rings (SSSR count). The number of nitrogens with zero attached hydrogens (tertiary/aromatic N) is 2. The number of carbonyl (C=O) groups excluding carboxylic acids is 2. The number of ketones is 1. The Morgan fingerprint density at radius 3 is 2.71 bits per heavy atom. The number of likely N-dealkylation sites (tertiary alicyclic amines) is 1. The number of hydrogen-bond donors (Lipinski definition) is 0. The fraction of sp³-hybridized carbons (Fsp3) is 0.636. The van der Waals surface area contributed by atoms with E-state index in [9.17, 15) is 14.0 Å². The Morgan fingerprint density at radius 1 is 1.25 bits per heavy atom. The van der Waals surface area contributed by atoms with Crippen LogP contribution in [-0.4, -0.2) is 59.5 Å². The Kier molecular flexibility index (Phi) is 4.23. The second-order valence-corrected chi connectivity index (χ2v) is 8.91. The van der Waals surface area contributed by atoms with E-state index in [1.807, 2.05) is 17.9 Å². The van der Waals surface area contributed by atoms with Crippen LogP contribution in [0.3, 0.4) is 0 Å². The summed E-state index contributed by atoms with van der Waals surface area (Å²) in [5, 5.41) is 0. The van der Waals surface area contributed by atoms with Gasteiger partial charge in [-0.2, -0.15) is 0 Å². The van der Waals surface area contributed by atoms with Crippen molar-refractivity contribution in [2.75, 3.05) is 19.7 Å². The van der Waals surface area contributed by atoms with Crippen LogP contribution in [0.5, 0.6) is 0 Å². The molecular weight excluding hydrogens is 359 g/mol. The van der Waals surface area contributed by atoms with Crippen molar-refractivity contribution in [3.63, 3.8) is 0 Å². The minimum atomic E-state index is -0.332. The molecule has 5 nitrogen and oxygen atoms in total. The summed E-state index contributed by atoms with van der Waals surface area (Å²) in [5.74, 6) is -0.254. The minimum Gasteiger partial charge on any atom is -0.450 e. The number of ether oxygens (including phenoxy) is 1. The summed E-state index contributed by atoms with van der Waals surface area (Å²) in [4.78, 5) is 29.3. The molecule has 0 saturated carbocycles. The topological polar surface area (TPSA) is 49.9 Å². The first-order valence-electron chi connectivity index (χ1n) is 10.5. The molecule has 3 saturated heterocycles. The van der Waals surface area contributed by atoms with Crippen LogP contribution in [0.25, 0.3) is 0 Å². The van der Waals surface area contributed by atoms with Crippen molar-refractivity contribution < 1.29 is 18.7 Å². The lowest BCUT2D eigenvalue weighted by molar-refractivity contribution is 0.0453. The highest BCUT2D eigenvalue weighted by molar-refractivity contribution is 6.02. The molecular formula is C22H27FN2O3. The van der Waals surface area contributed by atoms with Gasteiger partial charge in [-0.3, -0.25) is 9.69 Å². The van der Waals surface area contributed by atoms with Crippen LogP contribution in [0, 0.1) is 5.82 Å². The predicted molar refractivity (Wildman–Crippen MR) is 102 cm³/mol. The van der Waals surface area contributed by atoms with E-state index < -0.39 is 0 Å². The van der Waals surface area contributed by atoms with E-state index >= 15 is 0 Å². The van der Waals surface area contributed by atoms with Gasteiger partial charge in [-0.05, 0) is 63.3 Å². The van der Waals surface area contributed by atoms with Crippen molar-refractivity contribution >= 4 is 11.9 Å². The van der Waals surface area contributed by atoms with Crippen molar-refractivity contribution in [3.05, 3.63) is 35.1 Å². The molecule has 1 aromatic rings. The molecule has 1 aromatic carbocycles. The van der Waals surface area contributed by atoms with Gasteiger partial charge in [0.2, 0.25) is 0 Å². The molecule has 2 bridgehead atoms. The van der Waals surface area contributed by atoms with E-state index in [0.29, 0.717) is 24.6 Å². The monoisotopic (exact) mass is 386 g/mol. The number of rotatable bonds is 2. The van der Waals surface area contributed by atoms with Gasteiger partial charge < -0.3 is 9.64 Å². The van der Waals surface area contributed by atoms with Gasteiger partial charge in [0.1, 0.15) is 5.82 Å². The van der Waals surface area contributed by atoms with Crippen molar-refractivity contribution in [1.82, 2.24) is 9.80 Å². The van der Waals surface area contributed by atoms with Gasteiger partial charge in [0.25, 0.3) is 0 Å². The zero-order valence-electron chi connectivity index (χ0n) is 16.3. The summed E-state index contributed by atoms with van der Waals surface area (Å²) in [5.41, 5.74) is 1.46. The number of amides is 1. The van der Waals surface area contributed by atoms with Crippen LogP contribution in [0.4, 0.5) is 9.18 Å². The van der Waals surface area contributed by atoms with Gasteiger partial charge in [-0.15, -0.1) is 0 Å². The largest absolute Gasteiger partial charge is 0.450 e. The maximum absolute atomic E-state index is 13.6. The molecule has 150 valence electrons. The number of halogens is 1. The third-order valence-electron chi connectivity index (χ3n) is 7.44. The fourth-order valence-electron chi connectivity index (χ4n) is 6.23. The zero-order valence-corrected chi connectivity index (χ0v) is 16.3. The van der Waals surface area contributed by atoms with Gasteiger partial charge in [0.15, 0.2) is 5.78 Å². The first-order chi connectivity index (χ1) is 13.5. The van der Waals surface area contributed by atoms with Crippen molar-refractivity contribution in [1.29, 1.82) is 0 Å². The molecule has 6 heteroatoms. The molecule has 3 unspecified atom stereocenters. The first kappa shape index (κ1) is 18.1. The third-order valence-corrected chi connectivity index (χ3v) is 7.44. The second kappa shape index (κ2) is 6.55. The van der Waals surface area contributed by atoms with Crippen LogP contribution in [0.15, 0.2) is 18.2 Å². The summed E-state index contributed by atoms with van der Waals surface area (Å²) >= 11 is 0. The van der Waals surface area contributed by atoms with Gasteiger partial charge in [0.05, 0.1) is 6.61 Å². The SMILES string of the molecule is CCOC(=O)N1C2CCC1CC(N1CCC3(CC(=O)c4cc(F)ccc43)C1)C2. The molecule has 3 fully saturated rings. The van der Waals surface area contributed by atoms with E-state index in [4.69, 9.17) is 4.74 Å². The standard InChI is InChI=1S/C22H27FN2O3/c1-2-28-21(27)25-15-4-5-16(25)11-17(10-15)24-8-7-22(13-24)12-20(26)18-9-14(23)3-6-19(18)22/h3,6,9,15-17H,2,4-5,7-8,10-13H2,1H3. The van der Waals surface area contributed by atoms with E-state index in [1.54, 1.807) is 0 Å². The third kappa shape index (κ3) is 2.68. The number of benzene rings is 1. The summed E-state index contributed by atoms with van der Waals surface area (Å²) in [7, 11) is 0. The summed E-state index contributed by atoms with van der Waals surface area (Å²) in [6.45, 7) is 4.10. The molecule has 3 heterocycles. The maximum Gasteiger partial charge on any atom is 0.410 e. The van der Waals surface area contributed by atoms with Crippen LogP contribution < -0.4 is 0 Å². The molecule has 28 heavy (non-hydrogen) atoms. The average molecular weight is 386 g/mol. The Labute approximate surface area is 164 Å². The lowest BCUT2D eigenvalue weighted by Crippen LogP contribution is -2.52. The highest BCUT2D eigenvalue weighted by Gasteiger charge is 2.51. The van der Waals surface area contributed by atoms with Crippen LogP contribution >= 0.6 is 0 Å². The van der Waals surface area contributed by atoms with Gasteiger partial charge in [0, 0.05) is 42.1 Å². The fourth-order valence-corrected chi connectivity index (χ4v) is 6.23. The first-order valence-corrected chi connectivity index (χ1v) is 10.5. The van der Waals surface area contributed by atoms with E-state index in [1.165, 1.54) is 12.1 Å². The second-order valence-electron chi connectivity index (χ2n) is 8.91. The molecule has 1 amide bonds. The molecule has 3 atom stereocenters. The lowest BCUT2D eigenvalue weighted by atomic mass is 9.81. The normalized spacial score (nSPS) is 34.3. The number of fused-ring (bicyclic) bond motifs is 4. The van der Waals surface area contributed by atoms with Crippen molar-refractivity contribution in [2.24, 2.45) is 0 Å². The molecule has 0 radical (unpaired) electrons. The highest BCUT2D eigenvalue weighted by atomic mass is 19.1. The number of Topliss-reactive ketones (excluding diaryl/α,β-unsaturated/α-hetero) is 1. The van der Waals surface area contributed by atoms with E-state index in [-0.39, 0.29) is 35.2 Å². The Morgan fingerprint density at radius 2 is 2.00 bits per heavy atom. The molecule has 4 aliphatic rings. The van der Waals surface area contributed by atoms with E-state index in [2.05, 4.69) is 4.90 Å². The van der Waals surface area contributed by atoms with Crippen LogP contribution in [0.2, 0.25) is 0 Å². The Balaban J connectivity index is 1.32. The van der Waals surface area contributed by atoms with E-state index in [0.717, 1.165) is 50.8 Å². The van der Waals surface area contributed by atoms with Crippen LogP contribution in [-0.2, 0) is 10.2 Å². The van der Waals surface area contributed by atoms with Gasteiger partial charge >= 0.3 is 6.09 Å². The lowest BCUT2D eigenvalue weighted by Gasteiger charge is -2.42. The summed E-state index contributed by atoms with van der Waals surface area (Å²) in [6, 6.07) is 5.71. The predicted octanol–water partition coefficient (Wildman–Crippen LogP) is 3.51. The molecule has 0 aromatic heterocycles. The number of piperidine rings is 1. The average Bonchev–Trinajstić information content (AvgIpc) is 3.29. The van der Waals surface area contributed by atoms with Gasteiger partial charge in [-0.25, -0.2) is 9.18 Å². The number of hydrogen-bond acceptors (Lipinski definition) is 4. The minimum absolute atomic E-state index is 0.0774. The van der Waals surface area contributed by atoms with Crippen molar-refractivity contribution in [2.45, 2.75) is 69.0 Å². The Bertz CT molecular complexity index is 814. The summed E-state index contributed by atoms with van der Waals surface area (Å²) in [6.07, 6.45) is 5.36. The number of carbonyl (C=O) groups is 2. The highest BCUT2D eigenvalue weighted by Crippen LogP contribution is 2.48. The smallest absolute Gasteiger partial charge is 0.410 e.